The summed E-state index contributed by atoms with van der Waals surface area (Å²) in [5.41, 5.74) is 0.888. The highest BCUT2D eigenvalue weighted by Crippen LogP contribution is 2.25. The number of hydrogen-bond donors (Lipinski definition) is 0. The molecule has 1 radical (unpaired) electrons. The SMILES string of the molecule is [CH2]C(CF)c1cccc(Cl)c1C#N. The van der Waals surface area contributed by atoms with Gasteiger partial charge in [-0.05, 0) is 18.6 Å². The molecule has 1 unspecified atom stereocenters. The van der Waals surface area contributed by atoms with Crippen LogP contribution in [0.15, 0.2) is 18.2 Å². The molecule has 3 heteroatoms. The highest BCUT2D eigenvalue weighted by Gasteiger charge is 2.12. The van der Waals surface area contributed by atoms with E-state index in [2.05, 4.69) is 6.92 Å². The Morgan fingerprint density at radius 1 is 1.62 bits per heavy atom. The third-order valence-electron chi connectivity index (χ3n) is 1.78. The van der Waals surface area contributed by atoms with Crippen molar-refractivity contribution >= 4 is 11.6 Å². The second kappa shape index (κ2) is 4.25. The molecule has 1 rings (SSSR count). The number of nitrogens with zero attached hydrogens (tertiary/aromatic N) is 1. The number of rotatable bonds is 2. The van der Waals surface area contributed by atoms with Gasteiger partial charge in [-0.15, -0.1) is 0 Å². The van der Waals surface area contributed by atoms with E-state index in [1.165, 1.54) is 0 Å². The normalized spacial score (nSPS) is 12.2. The Kier molecular flexibility index (Phi) is 3.27. The molecule has 0 spiro atoms. The van der Waals surface area contributed by atoms with Crippen LogP contribution in [-0.4, -0.2) is 6.67 Å². The molecule has 0 fully saturated rings. The Hall–Kier alpha value is -1.07. The van der Waals surface area contributed by atoms with Gasteiger partial charge >= 0.3 is 0 Å². The maximum absolute atomic E-state index is 12.3. The molecule has 1 atom stereocenters. The standard InChI is InChI=1S/C10H8ClFN/c1-7(5-12)8-3-2-4-10(11)9(8)6-13/h2-4,7H,1,5H2. The fraction of sp³-hybridized carbons (Fsp3) is 0.200. The van der Waals surface area contributed by atoms with Crippen LogP contribution in [0.2, 0.25) is 5.02 Å². The van der Waals surface area contributed by atoms with Crippen molar-refractivity contribution in [3.63, 3.8) is 0 Å². The van der Waals surface area contributed by atoms with Gasteiger partial charge in [0, 0.05) is 5.92 Å². The molecule has 67 valence electrons. The second-order valence-electron chi connectivity index (χ2n) is 2.67. The molecule has 0 aromatic heterocycles. The minimum atomic E-state index is -0.588. The molecule has 0 heterocycles. The fourth-order valence-corrected chi connectivity index (χ4v) is 1.31. The van der Waals surface area contributed by atoms with E-state index in [4.69, 9.17) is 16.9 Å². The largest absolute Gasteiger partial charge is 0.250 e. The number of nitriles is 1. The number of hydrogen-bond acceptors (Lipinski definition) is 1. The molecule has 0 N–H and O–H groups in total. The summed E-state index contributed by atoms with van der Waals surface area (Å²) in [5.74, 6) is -0.520. The molecule has 0 aliphatic rings. The lowest BCUT2D eigenvalue weighted by atomic mass is 9.97. The van der Waals surface area contributed by atoms with Gasteiger partial charge in [0.15, 0.2) is 0 Å². The topological polar surface area (TPSA) is 23.8 Å². The second-order valence-corrected chi connectivity index (χ2v) is 3.07. The monoisotopic (exact) mass is 196 g/mol. The van der Waals surface area contributed by atoms with Crippen LogP contribution in [0.3, 0.4) is 0 Å². The zero-order valence-corrected chi connectivity index (χ0v) is 7.68. The van der Waals surface area contributed by atoms with Crippen LogP contribution >= 0.6 is 11.6 Å². The maximum atomic E-state index is 12.3. The van der Waals surface area contributed by atoms with Crippen molar-refractivity contribution in [2.45, 2.75) is 5.92 Å². The van der Waals surface area contributed by atoms with Crippen molar-refractivity contribution in [2.75, 3.05) is 6.67 Å². The molecule has 0 bridgehead atoms. The highest BCUT2D eigenvalue weighted by atomic mass is 35.5. The quantitative estimate of drug-likeness (QED) is 0.713. The summed E-state index contributed by atoms with van der Waals surface area (Å²) in [6, 6.07) is 6.90. The molecule has 0 aliphatic carbocycles. The third kappa shape index (κ3) is 1.99. The molecular formula is C10H8ClFN. The smallest absolute Gasteiger partial charge is 0.101 e. The molecule has 1 aromatic rings. The van der Waals surface area contributed by atoms with Gasteiger partial charge in [-0.3, -0.25) is 4.39 Å². The predicted octanol–water partition coefficient (Wildman–Crippen LogP) is 3.10. The lowest BCUT2D eigenvalue weighted by Gasteiger charge is -2.09. The van der Waals surface area contributed by atoms with Gasteiger partial charge in [-0.25, -0.2) is 0 Å². The lowest BCUT2D eigenvalue weighted by molar-refractivity contribution is 0.465. The van der Waals surface area contributed by atoms with Gasteiger partial charge in [-0.2, -0.15) is 5.26 Å². The lowest BCUT2D eigenvalue weighted by Crippen LogP contribution is -1.99. The van der Waals surface area contributed by atoms with Gasteiger partial charge in [0.1, 0.15) is 6.07 Å². The molecule has 0 amide bonds. The number of benzene rings is 1. The molecule has 0 aliphatic heterocycles. The fourth-order valence-electron chi connectivity index (χ4n) is 1.08. The Morgan fingerprint density at radius 2 is 2.31 bits per heavy atom. The Bertz CT molecular complexity index is 343. The van der Waals surface area contributed by atoms with E-state index in [1.54, 1.807) is 18.2 Å². The number of halogens is 2. The Balaban J connectivity index is 3.22. The van der Waals surface area contributed by atoms with Crippen LogP contribution in [0.5, 0.6) is 0 Å². The van der Waals surface area contributed by atoms with E-state index in [0.717, 1.165) is 0 Å². The maximum Gasteiger partial charge on any atom is 0.101 e. The first-order valence-corrected chi connectivity index (χ1v) is 4.16. The van der Waals surface area contributed by atoms with Crippen LogP contribution in [0.25, 0.3) is 0 Å². The van der Waals surface area contributed by atoms with Crippen molar-refractivity contribution < 1.29 is 4.39 Å². The summed E-state index contributed by atoms with van der Waals surface area (Å²) >= 11 is 5.76. The van der Waals surface area contributed by atoms with Crippen molar-refractivity contribution in [1.29, 1.82) is 5.26 Å². The van der Waals surface area contributed by atoms with Gasteiger partial charge < -0.3 is 0 Å². The first-order valence-electron chi connectivity index (χ1n) is 3.78. The van der Waals surface area contributed by atoms with E-state index >= 15 is 0 Å². The van der Waals surface area contributed by atoms with Crippen molar-refractivity contribution in [2.24, 2.45) is 0 Å². The third-order valence-corrected chi connectivity index (χ3v) is 2.10. The van der Waals surface area contributed by atoms with Crippen LogP contribution in [0.4, 0.5) is 4.39 Å². The zero-order valence-electron chi connectivity index (χ0n) is 6.93. The summed E-state index contributed by atoms with van der Waals surface area (Å²) in [6.45, 7) is 3.00. The first-order chi connectivity index (χ1) is 6.20. The van der Waals surface area contributed by atoms with E-state index in [0.29, 0.717) is 16.1 Å². The molecule has 0 saturated heterocycles. The Labute approximate surface area is 81.8 Å². The van der Waals surface area contributed by atoms with Crippen molar-refractivity contribution in [1.82, 2.24) is 0 Å². The van der Waals surface area contributed by atoms with Gasteiger partial charge in [0.25, 0.3) is 0 Å². The summed E-state index contributed by atoms with van der Waals surface area (Å²) in [5, 5.41) is 9.11. The number of alkyl halides is 1. The van der Waals surface area contributed by atoms with Crippen LogP contribution in [-0.2, 0) is 0 Å². The molecule has 1 aromatic carbocycles. The molecule has 13 heavy (non-hydrogen) atoms. The summed E-state index contributed by atoms with van der Waals surface area (Å²) in [4.78, 5) is 0. The molecule has 0 saturated carbocycles. The van der Waals surface area contributed by atoms with Gasteiger partial charge in [0.2, 0.25) is 0 Å². The summed E-state index contributed by atoms with van der Waals surface area (Å²) in [6.07, 6.45) is 0. The first kappa shape index (κ1) is 10.0. The van der Waals surface area contributed by atoms with Crippen molar-refractivity contribution in [3.05, 3.63) is 41.3 Å². The van der Waals surface area contributed by atoms with E-state index in [-0.39, 0.29) is 0 Å². The highest BCUT2D eigenvalue weighted by molar-refractivity contribution is 6.31. The molecular weight excluding hydrogens is 189 g/mol. The van der Waals surface area contributed by atoms with Gasteiger partial charge in [-0.1, -0.05) is 23.7 Å². The minimum absolute atomic E-state index is 0.321. The average Bonchev–Trinajstić information content (AvgIpc) is 2.16. The van der Waals surface area contributed by atoms with Crippen molar-refractivity contribution in [3.8, 4) is 6.07 Å². The van der Waals surface area contributed by atoms with E-state index in [9.17, 15) is 4.39 Å². The van der Waals surface area contributed by atoms with Gasteiger partial charge in [0.05, 0.1) is 17.3 Å². The average molecular weight is 197 g/mol. The Morgan fingerprint density at radius 3 is 2.85 bits per heavy atom. The van der Waals surface area contributed by atoms with Crippen LogP contribution < -0.4 is 0 Å². The summed E-state index contributed by atoms with van der Waals surface area (Å²) in [7, 11) is 0. The van der Waals surface area contributed by atoms with Crippen LogP contribution in [0.1, 0.15) is 17.0 Å². The van der Waals surface area contributed by atoms with E-state index < -0.39 is 12.6 Å². The van der Waals surface area contributed by atoms with E-state index in [1.807, 2.05) is 6.07 Å². The van der Waals surface area contributed by atoms with Crippen LogP contribution in [0, 0.1) is 18.3 Å². The zero-order chi connectivity index (χ0) is 9.84. The minimum Gasteiger partial charge on any atom is -0.250 e. The predicted molar refractivity (Wildman–Crippen MR) is 50.2 cm³/mol. The molecule has 1 nitrogen and oxygen atoms in total. The summed E-state index contributed by atoms with van der Waals surface area (Å²) < 4.78 is 12.3.